The van der Waals surface area contributed by atoms with E-state index in [1.807, 2.05) is 0 Å². The number of aliphatic hydroxyl groups excluding tert-OH is 2. The molecule has 19 atom stereocenters. The Bertz CT molecular complexity index is 4330. The van der Waals surface area contributed by atoms with Crippen LogP contribution in [0.15, 0.2) is 48.5 Å². The van der Waals surface area contributed by atoms with Gasteiger partial charge in [0.1, 0.15) is 102 Å². The Morgan fingerprint density at radius 2 is 0.800 bits per heavy atom. The lowest BCUT2D eigenvalue weighted by molar-refractivity contribution is -0.142. The Labute approximate surface area is 793 Å². The number of hydrogen-bond donors (Lipinski definition) is 33. The lowest BCUT2D eigenvalue weighted by Gasteiger charge is -2.33. The summed E-state index contributed by atoms with van der Waals surface area (Å²) in [4.78, 5) is 241. The molecular weight excluding hydrogens is 1800 g/mol. The fourth-order valence-corrected chi connectivity index (χ4v) is 14.4. The molecule has 1 aliphatic rings. The standard InChI is InChI=1S/C84H141N27O22S2/c1-9-42(4)62(107-75(126)59-18-14-36-111(59)80(131)61(90)41(2)3)76(127)109-64(44(6)113)78(129)103-55(37-45-19-23-47(114)24-20-45)73(124)110-65(84(7,8)135)79(130)104-56(39-60(89)116)72(123)99-50(16-12-34-95-82(91)92)66(117)100-54(29-33-88)71(122)108-63(43(5)112)77(128)102-53(28-32-87)70(121)97-49(15-10-11-30-85)68(119)106-58(40-134)74(125)101-52(27-31-86)69(120)98-51(17-13-35-96-83(93)94)67(118)105-57(81(132)133)38-46-21-25-48(115)26-22-46/h19-26,41-44,49-59,61-65,112-115,134-135H,9-18,27-40,85-88,90H2,1-8H3,(H2,89,116)(H,97,121)(H,98,120)(H,99,123)(H,100,117)(H,101,125)(H,102,128)(H,103,129)(H,104,130)(H,105,118)(H,106,119)(H,107,126)(H,108,122)(H,109,127)(H,110,124)(H,132,133)(H4,91,92,95)(H4,93,94,96)/t42-,43+,44+,49-,50-,51-,52-,53+,54-,55-,56-,57-,58-,59-,61-,62-,63-,64-,65+/m0/s1. The number of phenols is 2. The third-order valence-electron chi connectivity index (χ3n) is 22.0. The predicted molar refractivity (Wildman–Crippen MR) is 502 cm³/mol. The number of carbonyl (C=O) groups is 17. The largest absolute Gasteiger partial charge is 0.508 e. The third-order valence-corrected chi connectivity index (χ3v) is 22.6. The lowest BCUT2D eigenvalue weighted by Crippen LogP contribution is -2.64. The average Bonchev–Trinajstić information content (AvgIpc) is 1.76. The van der Waals surface area contributed by atoms with E-state index in [9.17, 15) is 107 Å². The number of nitrogens with zero attached hydrogens (tertiary/aromatic N) is 1. The summed E-state index contributed by atoms with van der Waals surface area (Å²) in [5.41, 5.74) is 47.1. The molecule has 0 aromatic heterocycles. The summed E-state index contributed by atoms with van der Waals surface area (Å²) in [6, 6.07) is -14.4. The molecule has 49 nitrogen and oxygen atoms in total. The van der Waals surface area contributed by atoms with Gasteiger partial charge in [-0.05, 0) is 178 Å². The minimum absolute atomic E-state index is 0.0423. The number of benzene rings is 2. The van der Waals surface area contributed by atoms with E-state index in [-0.39, 0.29) is 127 Å². The molecule has 0 bridgehead atoms. The minimum Gasteiger partial charge on any atom is -0.508 e. The molecule has 756 valence electrons. The van der Waals surface area contributed by atoms with E-state index in [1.165, 1.54) is 67.3 Å². The third kappa shape index (κ3) is 40.6. The molecule has 0 spiro atoms. The van der Waals surface area contributed by atoms with E-state index >= 15 is 0 Å². The van der Waals surface area contributed by atoms with Crippen molar-refractivity contribution in [2.24, 2.45) is 57.7 Å². The second-order valence-corrected chi connectivity index (χ2v) is 35.4. The number of unbranched alkanes of at least 4 members (excludes halogenated alkanes) is 1. The van der Waals surface area contributed by atoms with Crippen LogP contribution in [0, 0.1) is 22.7 Å². The first-order chi connectivity index (χ1) is 63.5. The molecule has 135 heavy (non-hydrogen) atoms. The first-order valence-corrected chi connectivity index (χ1v) is 45.6. The number of aliphatic carboxylic acids is 1. The number of aromatic hydroxyl groups is 2. The summed E-state index contributed by atoms with van der Waals surface area (Å²) in [6.45, 7) is 11.3. The second kappa shape index (κ2) is 59.0. The summed E-state index contributed by atoms with van der Waals surface area (Å²) in [6.07, 6.45) is -5.25. The normalized spacial score (nSPS) is 16.5. The molecule has 0 radical (unpaired) electrons. The van der Waals surface area contributed by atoms with Crippen molar-refractivity contribution in [3.8, 4) is 11.5 Å². The zero-order valence-electron chi connectivity index (χ0n) is 77.3. The van der Waals surface area contributed by atoms with Gasteiger partial charge < -0.3 is 161 Å². The lowest BCUT2D eigenvalue weighted by atomic mass is 9.96. The number of guanidine groups is 2. The molecule has 1 fully saturated rings. The molecule has 0 unspecified atom stereocenters. The molecule has 0 saturated carbocycles. The number of aliphatic hydroxyl groups is 2. The predicted octanol–water partition coefficient (Wildman–Crippen LogP) is -9.25. The van der Waals surface area contributed by atoms with Gasteiger partial charge in [-0.3, -0.25) is 87.5 Å². The van der Waals surface area contributed by atoms with E-state index in [4.69, 9.17) is 56.7 Å². The summed E-state index contributed by atoms with van der Waals surface area (Å²) < 4.78 is -1.63. The first kappa shape index (κ1) is 117. The number of primary amides is 1. The van der Waals surface area contributed by atoms with Gasteiger partial charge in [0.05, 0.1) is 24.7 Å². The van der Waals surface area contributed by atoms with E-state index in [1.54, 1.807) is 27.7 Å². The summed E-state index contributed by atoms with van der Waals surface area (Å²) in [5, 5.41) is 107. The molecule has 2 aromatic carbocycles. The number of phenolic OH excluding ortho intramolecular Hbond substituents is 2. The Morgan fingerprint density at radius 1 is 0.452 bits per heavy atom. The number of amides is 16. The van der Waals surface area contributed by atoms with Crippen LogP contribution in [0.2, 0.25) is 0 Å². The number of carboxylic acid groups (broad SMARTS) is 1. The number of nitrogens with two attached hydrogens (primary N) is 8. The van der Waals surface area contributed by atoms with Gasteiger partial charge in [0.25, 0.3) is 0 Å². The van der Waals surface area contributed by atoms with Crippen molar-refractivity contribution >= 4 is 138 Å². The fourth-order valence-electron chi connectivity index (χ4n) is 13.9. The highest BCUT2D eigenvalue weighted by Crippen LogP contribution is 2.24. The number of hydrogen-bond acceptors (Lipinski definition) is 30. The average molecular weight is 1950 g/mol. The molecule has 39 N–H and O–H groups in total. The number of likely N-dealkylation sites (tertiary alicyclic amines) is 1. The number of thiol groups is 2. The van der Waals surface area contributed by atoms with E-state index in [0.29, 0.717) is 30.4 Å². The van der Waals surface area contributed by atoms with Crippen LogP contribution in [0.1, 0.15) is 156 Å². The zero-order chi connectivity index (χ0) is 102. The SMILES string of the molecule is CC[C@H](C)[C@H](NC(=O)[C@@H]1CCCN1C(=O)[C@@H](N)C(C)C)C(=O)N[C@H](C(=O)N[C@@H](Cc1ccc(O)cc1)C(=O)N[C@H](C(=O)N[C@@H](CC(N)=O)C(=O)N[C@@H](CCCNC(=N)N)C(=O)N[C@@H](CCN)C(=O)N[C@H](C(=O)N[C@H](CCN)C(=O)N[C@@H](CCCCN)C(=O)N[C@@H](CS)C(=O)N[C@@H](CCN)C(=O)N[C@@H](CCCNC(=N)N)C(=O)N[C@@H](Cc1ccc(O)cc1)C(=O)O)[C@@H](C)O)C(C)(C)S)[C@@H](C)O. The fraction of sp³-hybridized carbons (Fsp3) is 0.631. The van der Waals surface area contributed by atoms with Crippen LogP contribution in [0.4, 0.5) is 0 Å². The van der Waals surface area contributed by atoms with Crippen LogP contribution in [0.3, 0.4) is 0 Å². The maximum Gasteiger partial charge on any atom is 0.326 e. The molecule has 16 amide bonds. The number of carbonyl (C=O) groups excluding carboxylic acids is 16. The van der Waals surface area contributed by atoms with Crippen molar-refractivity contribution in [3.05, 3.63) is 59.7 Å². The molecule has 51 heteroatoms. The van der Waals surface area contributed by atoms with Gasteiger partial charge in [0, 0.05) is 43.0 Å². The minimum atomic E-state index is -2.00. The molecule has 3 rings (SSSR count). The van der Waals surface area contributed by atoms with Crippen LogP contribution in [0.5, 0.6) is 11.5 Å². The summed E-state index contributed by atoms with van der Waals surface area (Å²) in [5.74, 6) is -20.5. The van der Waals surface area contributed by atoms with Crippen LogP contribution in [-0.4, -0.2) is 308 Å². The maximum absolute atomic E-state index is 14.8. The topological polar surface area (TPSA) is 843 Å². The highest BCUT2D eigenvalue weighted by molar-refractivity contribution is 7.81. The van der Waals surface area contributed by atoms with Gasteiger partial charge in [-0.15, -0.1) is 0 Å². The number of nitrogens with one attached hydrogen (secondary N) is 18. The van der Waals surface area contributed by atoms with Crippen molar-refractivity contribution in [2.45, 2.75) is 272 Å². The molecule has 0 aliphatic carbocycles. The summed E-state index contributed by atoms with van der Waals surface area (Å²) >= 11 is 8.87. The Balaban J connectivity index is 1.93. The van der Waals surface area contributed by atoms with E-state index < -0.39 is 257 Å². The molecular formula is C84H141N27O22S2. The van der Waals surface area contributed by atoms with Gasteiger partial charge in [0.2, 0.25) is 94.5 Å². The van der Waals surface area contributed by atoms with Gasteiger partial charge in [-0.25, -0.2) is 4.79 Å². The Kier molecular flexibility index (Phi) is 51.2. The second-order valence-electron chi connectivity index (χ2n) is 33.9. The van der Waals surface area contributed by atoms with Crippen LogP contribution < -0.4 is 131 Å². The van der Waals surface area contributed by atoms with Crippen LogP contribution in [-0.2, 0) is 94.3 Å². The van der Waals surface area contributed by atoms with Crippen molar-refractivity contribution in [2.75, 3.05) is 51.6 Å². The summed E-state index contributed by atoms with van der Waals surface area (Å²) in [7, 11) is 0. The monoisotopic (exact) mass is 1940 g/mol. The molecule has 2 aromatic rings. The van der Waals surface area contributed by atoms with Crippen molar-refractivity contribution in [1.29, 1.82) is 10.8 Å². The van der Waals surface area contributed by atoms with Crippen LogP contribution >= 0.6 is 25.3 Å². The van der Waals surface area contributed by atoms with Gasteiger partial charge >= 0.3 is 5.97 Å². The number of rotatable bonds is 61. The smallest absolute Gasteiger partial charge is 0.326 e. The quantitative estimate of drug-likeness (QED) is 0.0127. The van der Waals surface area contributed by atoms with E-state index in [0.717, 1.165) is 13.8 Å². The highest BCUT2D eigenvalue weighted by atomic mass is 32.1. The van der Waals surface area contributed by atoms with Crippen molar-refractivity contribution in [3.63, 3.8) is 0 Å². The van der Waals surface area contributed by atoms with Gasteiger partial charge in [-0.1, -0.05) is 58.4 Å². The van der Waals surface area contributed by atoms with Gasteiger partial charge in [0.15, 0.2) is 11.9 Å². The maximum atomic E-state index is 14.8. The van der Waals surface area contributed by atoms with Crippen molar-refractivity contribution in [1.82, 2.24) is 90.0 Å². The zero-order valence-corrected chi connectivity index (χ0v) is 79.1. The molecule has 1 saturated heterocycles. The number of carboxylic acids is 1. The van der Waals surface area contributed by atoms with Gasteiger partial charge in [-0.2, -0.15) is 25.3 Å². The Morgan fingerprint density at radius 3 is 1.18 bits per heavy atom. The highest BCUT2D eigenvalue weighted by Gasteiger charge is 2.44. The molecule has 1 heterocycles. The molecule has 1 aliphatic heterocycles. The first-order valence-electron chi connectivity index (χ1n) is 44.5. The Hall–Kier alpha value is -12.0. The van der Waals surface area contributed by atoms with Crippen molar-refractivity contribution < 1.29 is 107 Å². The van der Waals surface area contributed by atoms with E-state index in [2.05, 4.69) is 110 Å². The van der Waals surface area contributed by atoms with Crippen LogP contribution in [0.25, 0.3) is 0 Å².